The van der Waals surface area contributed by atoms with Gasteiger partial charge in [0.1, 0.15) is 11.9 Å². The van der Waals surface area contributed by atoms with Crippen LogP contribution >= 0.6 is 22.9 Å². The molecular weight excluding hydrogens is 247 g/mol. The lowest BCUT2D eigenvalue weighted by Crippen LogP contribution is -1.97. The highest BCUT2D eigenvalue weighted by atomic mass is 35.5. The highest BCUT2D eigenvalue weighted by Crippen LogP contribution is 2.29. The molecule has 2 aromatic rings. The van der Waals surface area contributed by atoms with Crippen LogP contribution in [0.5, 0.6) is 0 Å². The van der Waals surface area contributed by atoms with Crippen LogP contribution in [0, 0.1) is 12.7 Å². The molecule has 0 saturated heterocycles. The fraction of sp³-hybridized carbons (Fsp3) is 0.167. The highest BCUT2D eigenvalue weighted by molar-refractivity contribution is 7.12. The van der Waals surface area contributed by atoms with Crippen molar-refractivity contribution in [3.05, 3.63) is 56.5 Å². The van der Waals surface area contributed by atoms with E-state index < -0.39 is 11.9 Å². The Hall–Kier alpha value is -0.900. The first-order valence-corrected chi connectivity index (χ1v) is 5.96. The fourth-order valence-electron chi connectivity index (χ4n) is 1.45. The van der Waals surface area contributed by atoms with Gasteiger partial charge in [-0.3, -0.25) is 0 Å². The number of halogens is 2. The van der Waals surface area contributed by atoms with Crippen LogP contribution in [-0.4, -0.2) is 5.11 Å². The van der Waals surface area contributed by atoms with Crippen molar-refractivity contribution in [2.24, 2.45) is 0 Å². The summed E-state index contributed by atoms with van der Waals surface area (Å²) in [5, 5.41) is 10.1. The summed E-state index contributed by atoms with van der Waals surface area (Å²) in [6.07, 6.45) is -0.787. The van der Waals surface area contributed by atoms with E-state index in [9.17, 15) is 9.50 Å². The van der Waals surface area contributed by atoms with Crippen LogP contribution in [0.2, 0.25) is 5.02 Å². The van der Waals surface area contributed by atoms with Crippen LogP contribution in [0.4, 0.5) is 4.39 Å². The summed E-state index contributed by atoms with van der Waals surface area (Å²) in [6.45, 7) is 1.96. The lowest BCUT2D eigenvalue weighted by atomic mass is 10.1. The maximum Gasteiger partial charge on any atom is 0.142 e. The molecule has 0 bridgehead atoms. The summed E-state index contributed by atoms with van der Waals surface area (Å²) >= 11 is 7.08. The van der Waals surface area contributed by atoms with Gasteiger partial charge in [0.25, 0.3) is 0 Å². The molecule has 1 N–H and O–H groups in total. The first-order valence-electron chi connectivity index (χ1n) is 4.77. The first-order chi connectivity index (χ1) is 7.58. The average molecular weight is 257 g/mol. The minimum Gasteiger partial charge on any atom is -0.383 e. The van der Waals surface area contributed by atoms with Gasteiger partial charge in [0.15, 0.2) is 0 Å². The highest BCUT2D eigenvalue weighted by Gasteiger charge is 2.13. The Kier molecular flexibility index (Phi) is 3.28. The molecule has 0 aliphatic carbocycles. The molecule has 1 atom stereocenters. The third-order valence-electron chi connectivity index (χ3n) is 2.29. The second kappa shape index (κ2) is 4.53. The Morgan fingerprint density at radius 1 is 1.31 bits per heavy atom. The van der Waals surface area contributed by atoms with Gasteiger partial charge in [-0.2, -0.15) is 0 Å². The van der Waals surface area contributed by atoms with Gasteiger partial charge in [-0.15, -0.1) is 11.3 Å². The first kappa shape index (κ1) is 11.6. The van der Waals surface area contributed by atoms with Gasteiger partial charge >= 0.3 is 0 Å². The largest absolute Gasteiger partial charge is 0.383 e. The van der Waals surface area contributed by atoms with E-state index in [2.05, 4.69) is 0 Å². The van der Waals surface area contributed by atoms with Gasteiger partial charge in [0.2, 0.25) is 0 Å². The van der Waals surface area contributed by atoms with Crippen molar-refractivity contribution in [3.8, 4) is 0 Å². The molecule has 0 spiro atoms. The van der Waals surface area contributed by atoms with Gasteiger partial charge in [0.05, 0.1) is 5.02 Å². The predicted octanol–water partition coefficient (Wildman–Crippen LogP) is 3.93. The minimum atomic E-state index is -0.787. The molecule has 0 aliphatic rings. The quantitative estimate of drug-likeness (QED) is 0.863. The number of aliphatic hydroxyl groups excluding tert-OH is 1. The Balaban J connectivity index is 2.33. The number of rotatable bonds is 2. The van der Waals surface area contributed by atoms with Crippen molar-refractivity contribution in [2.75, 3.05) is 0 Å². The van der Waals surface area contributed by atoms with Crippen LogP contribution in [0.15, 0.2) is 30.3 Å². The van der Waals surface area contributed by atoms with E-state index in [0.717, 1.165) is 9.75 Å². The van der Waals surface area contributed by atoms with Crippen molar-refractivity contribution in [3.63, 3.8) is 0 Å². The number of aliphatic hydroxyl groups is 1. The van der Waals surface area contributed by atoms with Crippen molar-refractivity contribution in [1.29, 1.82) is 0 Å². The van der Waals surface area contributed by atoms with Crippen LogP contribution in [0.1, 0.15) is 21.4 Å². The van der Waals surface area contributed by atoms with E-state index >= 15 is 0 Å². The second-order valence-electron chi connectivity index (χ2n) is 3.52. The fourth-order valence-corrected chi connectivity index (χ4v) is 2.46. The normalized spacial score (nSPS) is 12.8. The lowest BCUT2D eigenvalue weighted by molar-refractivity contribution is 0.223. The molecule has 0 radical (unpaired) electrons. The van der Waals surface area contributed by atoms with Crippen LogP contribution < -0.4 is 0 Å². The zero-order chi connectivity index (χ0) is 11.7. The Bertz CT molecular complexity index is 509. The topological polar surface area (TPSA) is 20.2 Å². The van der Waals surface area contributed by atoms with Crippen LogP contribution in [0.25, 0.3) is 0 Å². The van der Waals surface area contributed by atoms with Gasteiger partial charge in [-0.1, -0.05) is 17.7 Å². The van der Waals surface area contributed by atoms with Crippen molar-refractivity contribution >= 4 is 22.9 Å². The monoisotopic (exact) mass is 256 g/mol. The Morgan fingerprint density at radius 2 is 2.06 bits per heavy atom. The number of benzene rings is 1. The predicted molar refractivity (Wildman–Crippen MR) is 64.5 cm³/mol. The van der Waals surface area contributed by atoms with Crippen LogP contribution in [-0.2, 0) is 0 Å². The molecule has 1 aromatic heterocycles. The van der Waals surface area contributed by atoms with Gasteiger partial charge in [-0.25, -0.2) is 4.39 Å². The van der Waals surface area contributed by atoms with Gasteiger partial charge in [0, 0.05) is 9.75 Å². The summed E-state index contributed by atoms with van der Waals surface area (Å²) in [5.74, 6) is -0.508. The SMILES string of the molecule is Cc1ccc([C@@H](O)c2ccc(Cl)c(F)c2)s1. The smallest absolute Gasteiger partial charge is 0.142 e. The number of hydrogen-bond acceptors (Lipinski definition) is 2. The lowest BCUT2D eigenvalue weighted by Gasteiger charge is -2.09. The van der Waals surface area contributed by atoms with Crippen molar-refractivity contribution < 1.29 is 9.50 Å². The summed E-state index contributed by atoms with van der Waals surface area (Å²) < 4.78 is 13.2. The molecule has 4 heteroatoms. The molecular formula is C12H10ClFOS. The maximum absolute atomic E-state index is 13.2. The third-order valence-corrected chi connectivity index (χ3v) is 3.65. The van der Waals surface area contributed by atoms with Crippen molar-refractivity contribution in [2.45, 2.75) is 13.0 Å². The molecule has 1 heterocycles. The zero-order valence-electron chi connectivity index (χ0n) is 8.58. The molecule has 0 unspecified atom stereocenters. The molecule has 0 fully saturated rings. The van der Waals surface area contributed by atoms with E-state index in [1.54, 1.807) is 6.07 Å². The number of thiophene rings is 1. The van der Waals surface area contributed by atoms with Crippen LogP contribution in [0.3, 0.4) is 0 Å². The molecule has 0 aliphatic heterocycles. The summed E-state index contributed by atoms with van der Waals surface area (Å²) in [4.78, 5) is 1.92. The van der Waals surface area contributed by atoms with E-state index in [-0.39, 0.29) is 5.02 Å². The molecule has 0 amide bonds. The Labute approximate surface area is 102 Å². The van der Waals surface area contributed by atoms with Crippen molar-refractivity contribution in [1.82, 2.24) is 0 Å². The molecule has 2 rings (SSSR count). The van der Waals surface area contributed by atoms with E-state index in [1.807, 2.05) is 19.1 Å². The third kappa shape index (κ3) is 2.26. The number of hydrogen-bond donors (Lipinski definition) is 1. The van der Waals surface area contributed by atoms with E-state index in [1.165, 1.54) is 23.5 Å². The van der Waals surface area contributed by atoms with E-state index in [4.69, 9.17) is 11.6 Å². The standard InChI is InChI=1S/C12H10ClFOS/c1-7-2-5-11(16-7)12(15)8-3-4-9(13)10(14)6-8/h2-6,12,15H,1H3/t12-/m0/s1. The zero-order valence-corrected chi connectivity index (χ0v) is 10.1. The van der Waals surface area contributed by atoms with Gasteiger partial charge < -0.3 is 5.11 Å². The number of aryl methyl sites for hydroxylation is 1. The Morgan fingerprint density at radius 3 is 2.62 bits per heavy atom. The summed E-state index contributed by atoms with van der Waals surface area (Å²) in [7, 11) is 0. The molecule has 0 saturated carbocycles. The van der Waals surface area contributed by atoms with E-state index in [0.29, 0.717) is 5.56 Å². The summed E-state index contributed by atoms with van der Waals surface area (Å²) in [5.41, 5.74) is 0.517. The maximum atomic E-state index is 13.2. The molecule has 1 nitrogen and oxygen atoms in total. The molecule has 1 aromatic carbocycles. The second-order valence-corrected chi connectivity index (χ2v) is 5.25. The minimum absolute atomic E-state index is 0.0679. The molecule has 16 heavy (non-hydrogen) atoms. The average Bonchev–Trinajstić information content (AvgIpc) is 2.68. The molecule has 84 valence electrons. The summed E-state index contributed by atoms with van der Waals surface area (Å²) in [6, 6.07) is 8.12. The van der Waals surface area contributed by atoms with Gasteiger partial charge in [-0.05, 0) is 36.8 Å².